The minimum atomic E-state index is -0.699. The van der Waals surface area contributed by atoms with Gasteiger partial charge in [-0.1, -0.05) is 49.4 Å². The fourth-order valence-electron chi connectivity index (χ4n) is 4.59. The van der Waals surface area contributed by atoms with Gasteiger partial charge in [-0.25, -0.2) is 9.79 Å². The molecule has 1 atom stereocenters. The monoisotopic (exact) mass is 621 g/mol. The van der Waals surface area contributed by atoms with E-state index in [0.717, 1.165) is 11.1 Å². The second kappa shape index (κ2) is 10.8. The van der Waals surface area contributed by atoms with E-state index >= 15 is 0 Å². The molecule has 1 aliphatic heterocycles. The molecule has 4 aromatic rings. The molecule has 2 aromatic carbocycles. The quantitative estimate of drug-likeness (QED) is 0.160. The van der Waals surface area contributed by atoms with Crippen LogP contribution in [0.25, 0.3) is 17.4 Å². The number of rotatable bonds is 6. The molecule has 0 radical (unpaired) electrons. The summed E-state index contributed by atoms with van der Waals surface area (Å²) in [6, 6.07) is 15.0. The Morgan fingerprint density at radius 3 is 2.55 bits per heavy atom. The second-order valence-corrected chi connectivity index (χ2v) is 11.4. The van der Waals surface area contributed by atoms with Gasteiger partial charge in [0.1, 0.15) is 11.5 Å². The van der Waals surface area contributed by atoms with Gasteiger partial charge in [0.2, 0.25) is 0 Å². The number of furan rings is 1. The number of nitrogens with zero attached hydrogens (tertiary/aromatic N) is 3. The number of halogens is 1. The van der Waals surface area contributed by atoms with Gasteiger partial charge in [-0.15, -0.1) is 0 Å². The normalized spacial score (nSPS) is 15.2. The Labute approximate surface area is 241 Å². The van der Waals surface area contributed by atoms with Crippen LogP contribution in [-0.2, 0) is 9.53 Å². The molecular weight excluding hydrogens is 598 g/mol. The number of ether oxygens (including phenoxy) is 1. The first-order valence-corrected chi connectivity index (χ1v) is 13.9. The zero-order valence-corrected chi connectivity index (χ0v) is 24.4. The second-order valence-electron chi connectivity index (χ2n) is 9.52. The number of allylic oxidation sites excluding steroid dienone is 1. The third-order valence-electron chi connectivity index (χ3n) is 6.67. The number of fused-ring (bicyclic) bond motifs is 1. The lowest BCUT2D eigenvalue weighted by atomic mass is 9.93. The van der Waals surface area contributed by atoms with E-state index in [1.54, 1.807) is 31.2 Å². The highest BCUT2D eigenvalue weighted by Crippen LogP contribution is 2.33. The Morgan fingerprint density at radius 2 is 1.93 bits per heavy atom. The van der Waals surface area contributed by atoms with Gasteiger partial charge in [0, 0.05) is 28.2 Å². The van der Waals surface area contributed by atoms with Gasteiger partial charge in [0.05, 0.1) is 33.9 Å². The van der Waals surface area contributed by atoms with Crippen LogP contribution in [0, 0.1) is 10.1 Å². The van der Waals surface area contributed by atoms with E-state index in [2.05, 4.69) is 34.8 Å². The number of esters is 1. The maximum absolute atomic E-state index is 13.8. The third-order valence-corrected chi connectivity index (χ3v) is 8.31. The summed E-state index contributed by atoms with van der Waals surface area (Å²) >= 11 is 4.57. The summed E-state index contributed by atoms with van der Waals surface area (Å²) in [5, 5.41) is 11.1. The van der Waals surface area contributed by atoms with Gasteiger partial charge >= 0.3 is 5.97 Å². The van der Waals surface area contributed by atoms with Crippen molar-refractivity contribution in [2.24, 2.45) is 4.99 Å². The average Bonchev–Trinajstić information content (AvgIpc) is 3.51. The molecule has 9 nitrogen and oxygen atoms in total. The predicted octanol–water partition coefficient (Wildman–Crippen LogP) is 5.46. The molecule has 1 aliphatic rings. The van der Waals surface area contributed by atoms with Crippen LogP contribution in [0.2, 0.25) is 0 Å². The molecule has 0 saturated carbocycles. The van der Waals surface area contributed by atoms with Crippen LogP contribution in [-0.4, -0.2) is 22.6 Å². The van der Waals surface area contributed by atoms with Crippen LogP contribution in [0.3, 0.4) is 0 Å². The molecular formula is C29H24BrN3O6S. The van der Waals surface area contributed by atoms with Gasteiger partial charge in [-0.05, 0) is 58.1 Å². The van der Waals surface area contributed by atoms with Crippen molar-refractivity contribution < 1.29 is 18.9 Å². The summed E-state index contributed by atoms with van der Waals surface area (Å²) in [7, 11) is 1.31. The van der Waals surface area contributed by atoms with E-state index < -0.39 is 16.9 Å². The number of non-ortho nitro benzene ring substituents is 1. The van der Waals surface area contributed by atoms with Crippen molar-refractivity contribution in [3.05, 3.63) is 117 Å². The van der Waals surface area contributed by atoms with Crippen molar-refractivity contribution >= 4 is 45.0 Å². The van der Waals surface area contributed by atoms with Crippen LogP contribution in [0.1, 0.15) is 49.6 Å². The van der Waals surface area contributed by atoms with Crippen molar-refractivity contribution in [3.63, 3.8) is 0 Å². The molecule has 0 bridgehead atoms. The fraction of sp³-hybridized carbons (Fsp3) is 0.207. The van der Waals surface area contributed by atoms with E-state index in [1.165, 1.54) is 35.1 Å². The molecule has 11 heteroatoms. The number of nitro groups is 1. The molecule has 2 aromatic heterocycles. The maximum Gasteiger partial charge on any atom is 0.338 e. The molecule has 204 valence electrons. The number of carbonyl (C=O) groups is 1. The van der Waals surface area contributed by atoms with Gasteiger partial charge in [-0.2, -0.15) is 0 Å². The minimum Gasteiger partial charge on any atom is -0.466 e. The number of benzene rings is 2. The van der Waals surface area contributed by atoms with E-state index in [1.807, 2.05) is 24.3 Å². The SMILES string of the molecule is COC(=O)C1=C(C)N=c2s/c(=C\c3ccc(-c4ccc([N+](=O)[O-])cc4Br)o3)c(=O)n2[C@@H]1c1ccc(C(C)C)cc1. The van der Waals surface area contributed by atoms with Crippen molar-refractivity contribution in [2.75, 3.05) is 7.11 Å². The number of thiazole rings is 1. The Bertz CT molecular complexity index is 1860. The van der Waals surface area contributed by atoms with Crippen LogP contribution in [0.5, 0.6) is 0 Å². The van der Waals surface area contributed by atoms with E-state index in [0.29, 0.717) is 48.1 Å². The number of hydrogen-bond acceptors (Lipinski definition) is 8. The van der Waals surface area contributed by atoms with Crippen LogP contribution in [0.4, 0.5) is 5.69 Å². The highest BCUT2D eigenvalue weighted by Gasteiger charge is 2.33. The van der Waals surface area contributed by atoms with Crippen molar-refractivity contribution in [1.82, 2.24) is 4.57 Å². The number of methoxy groups -OCH3 is 1. The third kappa shape index (κ3) is 4.98. The van der Waals surface area contributed by atoms with Crippen LogP contribution < -0.4 is 14.9 Å². The maximum atomic E-state index is 13.8. The molecule has 0 unspecified atom stereocenters. The summed E-state index contributed by atoms with van der Waals surface area (Å²) in [4.78, 5) is 42.3. The number of aromatic nitrogens is 1. The smallest absolute Gasteiger partial charge is 0.338 e. The lowest BCUT2D eigenvalue weighted by Gasteiger charge is -2.24. The molecule has 0 aliphatic carbocycles. The average molecular weight is 622 g/mol. The summed E-state index contributed by atoms with van der Waals surface area (Å²) in [5.74, 6) is 0.691. The first-order valence-electron chi connectivity index (χ1n) is 12.3. The number of hydrogen-bond donors (Lipinski definition) is 0. The molecule has 0 saturated heterocycles. The minimum absolute atomic E-state index is 0.0430. The van der Waals surface area contributed by atoms with Crippen molar-refractivity contribution in [2.45, 2.75) is 32.7 Å². The van der Waals surface area contributed by atoms with Gasteiger partial charge in [-0.3, -0.25) is 19.5 Å². The number of nitro benzene ring substituents is 1. The highest BCUT2D eigenvalue weighted by atomic mass is 79.9. The summed E-state index contributed by atoms with van der Waals surface area (Å²) < 4.78 is 13.5. The molecule has 0 spiro atoms. The Kier molecular flexibility index (Phi) is 7.43. The first kappa shape index (κ1) is 27.5. The van der Waals surface area contributed by atoms with E-state index in [9.17, 15) is 19.7 Å². The van der Waals surface area contributed by atoms with Gasteiger partial charge < -0.3 is 9.15 Å². The van der Waals surface area contributed by atoms with E-state index in [4.69, 9.17) is 9.15 Å². The fourth-order valence-corrected chi connectivity index (χ4v) is 6.18. The molecule has 0 fully saturated rings. The van der Waals surface area contributed by atoms with Gasteiger partial charge in [0.25, 0.3) is 11.2 Å². The van der Waals surface area contributed by atoms with Crippen molar-refractivity contribution in [3.8, 4) is 11.3 Å². The van der Waals surface area contributed by atoms with Crippen LogP contribution >= 0.6 is 27.3 Å². The lowest BCUT2D eigenvalue weighted by molar-refractivity contribution is -0.384. The molecule has 0 N–H and O–H groups in total. The Morgan fingerprint density at radius 1 is 1.20 bits per heavy atom. The molecule has 5 rings (SSSR count). The Hall–Kier alpha value is -4.09. The zero-order valence-electron chi connectivity index (χ0n) is 22.0. The summed E-state index contributed by atoms with van der Waals surface area (Å²) in [6.45, 7) is 5.93. The van der Waals surface area contributed by atoms with Crippen LogP contribution in [0.15, 0.2) is 84.5 Å². The molecule has 0 amide bonds. The lowest BCUT2D eigenvalue weighted by Crippen LogP contribution is -2.39. The summed E-state index contributed by atoms with van der Waals surface area (Å²) in [6.07, 6.45) is 1.63. The highest BCUT2D eigenvalue weighted by molar-refractivity contribution is 9.10. The summed E-state index contributed by atoms with van der Waals surface area (Å²) in [5.41, 5.74) is 2.99. The first-order chi connectivity index (χ1) is 19.1. The molecule has 3 heterocycles. The Balaban J connectivity index is 1.60. The predicted molar refractivity (Wildman–Crippen MR) is 155 cm³/mol. The standard InChI is InChI=1S/C29H24BrN3O6S/c1-15(2)17-5-7-18(8-6-17)26-25(28(35)38-4)16(3)31-29-32(26)27(34)24(40-29)14-20-10-12-23(39-20)21-11-9-19(33(36)37)13-22(21)30/h5-15,26H,1-4H3/b24-14-/t26-/m1/s1. The molecule has 40 heavy (non-hydrogen) atoms. The largest absolute Gasteiger partial charge is 0.466 e. The zero-order chi connectivity index (χ0) is 28.7. The van der Waals surface area contributed by atoms with Crippen molar-refractivity contribution in [1.29, 1.82) is 0 Å². The number of carbonyl (C=O) groups excluding carboxylic acids is 1. The topological polar surface area (TPSA) is 117 Å². The van der Waals surface area contributed by atoms with E-state index in [-0.39, 0.29) is 11.2 Å². The van der Waals surface area contributed by atoms with Gasteiger partial charge in [0.15, 0.2) is 4.80 Å².